The maximum atomic E-state index is 13.6. The summed E-state index contributed by atoms with van der Waals surface area (Å²) in [5.41, 5.74) is 3.73. The van der Waals surface area contributed by atoms with E-state index in [-0.39, 0.29) is 17.8 Å². The number of carbonyl (C=O) groups excluding carboxylic acids is 1. The summed E-state index contributed by atoms with van der Waals surface area (Å²) in [7, 11) is 0. The molecule has 4 nitrogen and oxygen atoms in total. The van der Waals surface area contributed by atoms with Crippen molar-refractivity contribution in [2.45, 2.75) is 32.0 Å². The van der Waals surface area contributed by atoms with Crippen molar-refractivity contribution in [3.63, 3.8) is 0 Å². The van der Waals surface area contributed by atoms with Gasteiger partial charge >= 0.3 is 0 Å². The summed E-state index contributed by atoms with van der Waals surface area (Å²) in [5.74, 6) is -0.212. The fraction of sp³-hybridized carbons (Fsp3) is 0.217. The Bertz CT molecular complexity index is 1150. The first kappa shape index (κ1) is 18.1. The van der Waals surface area contributed by atoms with Crippen LogP contribution in [-0.4, -0.2) is 26.4 Å². The number of hydrogen-bond acceptors (Lipinski definition) is 3. The van der Waals surface area contributed by atoms with Crippen molar-refractivity contribution in [1.29, 1.82) is 0 Å². The molecule has 1 aliphatic carbocycles. The van der Waals surface area contributed by atoms with Gasteiger partial charge in [0.05, 0.1) is 10.2 Å². The molecule has 1 fully saturated rings. The van der Waals surface area contributed by atoms with Crippen LogP contribution in [0.3, 0.4) is 0 Å². The van der Waals surface area contributed by atoms with Gasteiger partial charge in [0.1, 0.15) is 11.5 Å². The van der Waals surface area contributed by atoms with Crippen molar-refractivity contribution in [2.24, 2.45) is 0 Å². The van der Waals surface area contributed by atoms with Gasteiger partial charge in [0.2, 0.25) is 0 Å². The summed E-state index contributed by atoms with van der Waals surface area (Å²) >= 11 is 1.63. The summed E-state index contributed by atoms with van der Waals surface area (Å²) in [6.07, 6.45) is 5.64. The number of fused-ring (bicyclic) bond motifs is 1. The van der Waals surface area contributed by atoms with Gasteiger partial charge in [-0.15, -0.1) is 11.3 Å². The van der Waals surface area contributed by atoms with E-state index in [1.807, 2.05) is 40.7 Å². The molecule has 1 aliphatic rings. The van der Waals surface area contributed by atoms with E-state index in [0.717, 1.165) is 34.2 Å². The van der Waals surface area contributed by atoms with Crippen molar-refractivity contribution < 1.29 is 9.18 Å². The molecule has 0 spiro atoms. The standard InChI is InChI=1S/C23H20FN3OS/c24-18-5-3-16(4-6-18)14-27-20-9-11-29-22(20)12-21(27)23(28)26(19-7-8-19)15-17-2-1-10-25-13-17/h1-6,9-13,19H,7-8,14-15H2. The molecule has 3 aromatic heterocycles. The van der Waals surface area contributed by atoms with Crippen molar-refractivity contribution in [2.75, 3.05) is 0 Å². The van der Waals surface area contributed by atoms with Gasteiger partial charge in [-0.2, -0.15) is 0 Å². The molecular formula is C23H20FN3OS. The van der Waals surface area contributed by atoms with Crippen molar-refractivity contribution in [3.05, 3.63) is 88.9 Å². The lowest BCUT2D eigenvalue weighted by molar-refractivity contribution is 0.0719. The Morgan fingerprint density at radius 2 is 2.00 bits per heavy atom. The Balaban J connectivity index is 1.50. The molecule has 1 saturated carbocycles. The fourth-order valence-electron chi connectivity index (χ4n) is 3.69. The van der Waals surface area contributed by atoms with Crippen molar-refractivity contribution in [3.8, 4) is 0 Å². The van der Waals surface area contributed by atoms with Crippen LogP contribution >= 0.6 is 11.3 Å². The number of aromatic nitrogens is 2. The van der Waals surface area contributed by atoms with E-state index in [4.69, 9.17) is 0 Å². The summed E-state index contributed by atoms with van der Waals surface area (Å²) in [5, 5.41) is 2.04. The molecule has 0 saturated heterocycles. The number of thiophene rings is 1. The van der Waals surface area contributed by atoms with Gasteiger partial charge in [0.15, 0.2) is 0 Å². The zero-order chi connectivity index (χ0) is 19.8. The van der Waals surface area contributed by atoms with Crippen LogP contribution in [-0.2, 0) is 13.1 Å². The minimum Gasteiger partial charge on any atom is -0.331 e. The van der Waals surface area contributed by atoms with Gasteiger partial charge in [-0.1, -0.05) is 18.2 Å². The molecule has 0 aliphatic heterocycles. The molecule has 0 unspecified atom stereocenters. The van der Waals surface area contributed by atoms with Crippen LogP contribution in [0, 0.1) is 5.82 Å². The maximum absolute atomic E-state index is 13.6. The quantitative estimate of drug-likeness (QED) is 0.448. The highest BCUT2D eigenvalue weighted by atomic mass is 32.1. The summed E-state index contributed by atoms with van der Waals surface area (Å²) in [6, 6.07) is 14.7. The van der Waals surface area contributed by atoms with Crippen LogP contribution in [0.15, 0.2) is 66.3 Å². The summed E-state index contributed by atoms with van der Waals surface area (Å²) in [4.78, 5) is 19.7. The molecule has 0 bridgehead atoms. The lowest BCUT2D eigenvalue weighted by Gasteiger charge is -2.23. The first-order chi connectivity index (χ1) is 14.2. The number of nitrogens with zero attached hydrogens (tertiary/aromatic N) is 3. The molecule has 29 heavy (non-hydrogen) atoms. The molecule has 1 amide bonds. The number of rotatable bonds is 6. The third kappa shape index (κ3) is 3.68. The van der Waals surface area contributed by atoms with Crippen LogP contribution in [0.1, 0.15) is 34.5 Å². The van der Waals surface area contributed by atoms with Gasteiger partial charge in [-0.05, 0) is 59.7 Å². The van der Waals surface area contributed by atoms with E-state index >= 15 is 0 Å². The lowest BCUT2D eigenvalue weighted by Crippen LogP contribution is -2.34. The van der Waals surface area contributed by atoms with Gasteiger partial charge in [0, 0.05) is 31.5 Å². The number of hydrogen-bond donors (Lipinski definition) is 0. The minimum atomic E-state index is -0.255. The van der Waals surface area contributed by atoms with Crippen molar-refractivity contribution in [1.82, 2.24) is 14.5 Å². The lowest BCUT2D eigenvalue weighted by atomic mass is 10.2. The van der Waals surface area contributed by atoms with E-state index in [0.29, 0.717) is 18.8 Å². The fourth-order valence-corrected chi connectivity index (χ4v) is 4.51. The second-order valence-corrected chi connectivity index (χ2v) is 8.39. The van der Waals surface area contributed by atoms with Gasteiger partial charge in [-0.3, -0.25) is 9.78 Å². The first-order valence-electron chi connectivity index (χ1n) is 9.70. The number of amides is 1. The number of halogens is 1. The summed E-state index contributed by atoms with van der Waals surface area (Å²) in [6.45, 7) is 1.10. The molecule has 0 atom stereocenters. The van der Waals surface area contributed by atoms with Gasteiger partial charge < -0.3 is 9.47 Å². The smallest absolute Gasteiger partial charge is 0.271 e. The first-order valence-corrected chi connectivity index (χ1v) is 10.6. The second kappa shape index (κ2) is 7.44. The minimum absolute atomic E-state index is 0.0434. The highest BCUT2D eigenvalue weighted by molar-refractivity contribution is 7.17. The molecule has 0 N–H and O–H groups in total. The molecule has 6 heteroatoms. The van der Waals surface area contributed by atoms with Gasteiger partial charge in [-0.25, -0.2) is 4.39 Å². The Morgan fingerprint density at radius 3 is 2.72 bits per heavy atom. The molecule has 0 radical (unpaired) electrons. The van der Waals surface area contributed by atoms with E-state index < -0.39 is 0 Å². The van der Waals surface area contributed by atoms with E-state index in [1.165, 1.54) is 12.1 Å². The topological polar surface area (TPSA) is 38.1 Å². The van der Waals surface area contributed by atoms with Crippen LogP contribution in [0.4, 0.5) is 4.39 Å². The zero-order valence-corrected chi connectivity index (χ0v) is 16.6. The molecule has 4 aromatic rings. The molecular weight excluding hydrogens is 385 g/mol. The van der Waals surface area contributed by atoms with E-state index in [9.17, 15) is 9.18 Å². The largest absolute Gasteiger partial charge is 0.331 e. The summed E-state index contributed by atoms with van der Waals surface area (Å²) < 4.78 is 16.5. The monoisotopic (exact) mass is 405 g/mol. The van der Waals surface area contributed by atoms with Crippen LogP contribution < -0.4 is 0 Å². The Labute approximate surface area is 172 Å². The highest BCUT2D eigenvalue weighted by Crippen LogP contribution is 2.32. The van der Waals surface area contributed by atoms with Crippen LogP contribution in [0.25, 0.3) is 10.2 Å². The molecule has 1 aromatic carbocycles. The Hall–Kier alpha value is -2.99. The highest BCUT2D eigenvalue weighted by Gasteiger charge is 2.34. The van der Waals surface area contributed by atoms with Crippen molar-refractivity contribution >= 4 is 27.5 Å². The molecule has 3 heterocycles. The number of pyridine rings is 1. The number of benzene rings is 1. The third-order valence-corrected chi connectivity index (χ3v) is 6.17. The normalized spacial score (nSPS) is 13.7. The predicted molar refractivity (Wildman–Crippen MR) is 112 cm³/mol. The van der Waals surface area contributed by atoms with E-state index in [1.54, 1.807) is 29.7 Å². The zero-order valence-electron chi connectivity index (χ0n) is 15.8. The third-order valence-electron chi connectivity index (χ3n) is 5.32. The average Bonchev–Trinajstić information content (AvgIpc) is 3.38. The van der Waals surface area contributed by atoms with Crippen LogP contribution in [0.2, 0.25) is 0 Å². The maximum Gasteiger partial charge on any atom is 0.271 e. The Morgan fingerprint density at radius 1 is 1.17 bits per heavy atom. The molecule has 5 rings (SSSR count). The Kier molecular flexibility index (Phi) is 4.64. The van der Waals surface area contributed by atoms with Crippen LogP contribution in [0.5, 0.6) is 0 Å². The molecule has 146 valence electrons. The van der Waals surface area contributed by atoms with Gasteiger partial charge in [0.25, 0.3) is 5.91 Å². The SMILES string of the molecule is O=C(c1cc2sccc2n1Cc1ccc(F)cc1)N(Cc1cccnc1)C1CC1. The second-order valence-electron chi connectivity index (χ2n) is 7.44. The average molecular weight is 405 g/mol. The predicted octanol–water partition coefficient (Wildman–Crippen LogP) is 5.09. The number of carbonyl (C=O) groups is 1. The van der Waals surface area contributed by atoms with E-state index in [2.05, 4.69) is 9.55 Å².